The van der Waals surface area contributed by atoms with Gasteiger partial charge in [0.15, 0.2) is 0 Å². The first-order chi connectivity index (χ1) is 23.3. The molecule has 0 unspecified atom stereocenters. The maximum absolute atomic E-state index is 5.05. The van der Waals surface area contributed by atoms with E-state index in [1.54, 1.807) is 12.4 Å². The van der Waals surface area contributed by atoms with Crippen LogP contribution < -0.4 is 0 Å². The Bertz CT molecular complexity index is 2430. The third-order valence-electron chi connectivity index (χ3n) is 8.78. The lowest BCUT2D eigenvalue weighted by molar-refractivity contribution is 1.20. The van der Waals surface area contributed by atoms with Gasteiger partial charge in [0.1, 0.15) is 0 Å². The van der Waals surface area contributed by atoms with Crippen LogP contribution in [0.4, 0.5) is 0 Å². The third-order valence-corrected chi connectivity index (χ3v) is 8.78. The summed E-state index contributed by atoms with van der Waals surface area (Å²) in [5.74, 6) is 0. The van der Waals surface area contributed by atoms with E-state index in [2.05, 4.69) is 118 Å². The molecular formula is C42H27N5. The van der Waals surface area contributed by atoms with Gasteiger partial charge in [-0.05, 0) is 84.2 Å². The topological polar surface area (TPSA) is 56.5 Å². The SMILES string of the molecule is c1cncc(-c2cccc(-c3ccc4c(c3)c3cc(-c5cccc(-c6cccnc6)n5)ccc3n4-c3cccc4ccccc34)n2)c1. The first-order valence-electron chi connectivity index (χ1n) is 15.6. The predicted molar refractivity (Wildman–Crippen MR) is 191 cm³/mol. The summed E-state index contributed by atoms with van der Waals surface area (Å²) in [5.41, 5.74) is 11.2. The summed E-state index contributed by atoms with van der Waals surface area (Å²) in [6, 6.07) is 48.8. The second-order valence-corrected chi connectivity index (χ2v) is 11.6. The van der Waals surface area contributed by atoms with Gasteiger partial charge in [-0.2, -0.15) is 0 Å². The average Bonchev–Trinajstić information content (AvgIpc) is 3.48. The average molecular weight is 602 g/mol. The van der Waals surface area contributed by atoms with E-state index in [0.717, 1.165) is 72.5 Å². The highest BCUT2D eigenvalue weighted by Crippen LogP contribution is 2.38. The van der Waals surface area contributed by atoms with Gasteiger partial charge in [-0.1, -0.05) is 60.7 Å². The Morgan fingerprint density at radius 1 is 0.383 bits per heavy atom. The molecule has 0 amide bonds. The van der Waals surface area contributed by atoms with E-state index in [1.807, 2.05) is 48.8 Å². The first kappa shape index (κ1) is 26.9. The number of fused-ring (bicyclic) bond motifs is 4. The largest absolute Gasteiger partial charge is 0.309 e. The monoisotopic (exact) mass is 601 g/mol. The van der Waals surface area contributed by atoms with Crippen molar-refractivity contribution in [1.82, 2.24) is 24.5 Å². The summed E-state index contributed by atoms with van der Waals surface area (Å²) in [7, 11) is 0. The van der Waals surface area contributed by atoms with E-state index in [-0.39, 0.29) is 0 Å². The maximum Gasteiger partial charge on any atom is 0.0725 e. The lowest BCUT2D eigenvalue weighted by atomic mass is 10.0. The Hall–Kier alpha value is -6.46. The van der Waals surface area contributed by atoms with Crippen LogP contribution in [0.2, 0.25) is 0 Å². The van der Waals surface area contributed by atoms with Crippen LogP contribution in [-0.4, -0.2) is 24.5 Å². The van der Waals surface area contributed by atoms with Gasteiger partial charge in [0.25, 0.3) is 0 Å². The second-order valence-electron chi connectivity index (χ2n) is 11.6. The summed E-state index contributed by atoms with van der Waals surface area (Å²) < 4.78 is 2.39. The number of aromatic nitrogens is 5. The summed E-state index contributed by atoms with van der Waals surface area (Å²) >= 11 is 0. The molecule has 5 aromatic heterocycles. The first-order valence-corrected chi connectivity index (χ1v) is 15.6. The van der Waals surface area contributed by atoms with Gasteiger partial charge in [-0.15, -0.1) is 0 Å². The molecule has 0 aliphatic carbocycles. The Morgan fingerprint density at radius 3 is 1.45 bits per heavy atom. The summed E-state index contributed by atoms with van der Waals surface area (Å²) in [4.78, 5) is 18.7. The number of pyridine rings is 4. The molecular weight excluding hydrogens is 574 g/mol. The van der Waals surface area contributed by atoms with Gasteiger partial charge in [0, 0.05) is 63.2 Å². The molecule has 0 saturated carbocycles. The van der Waals surface area contributed by atoms with Crippen LogP contribution in [-0.2, 0) is 0 Å². The minimum absolute atomic E-state index is 0.899. The Balaban J connectivity index is 1.27. The second kappa shape index (κ2) is 11.2. The van der Waals surface area contributed by atoms with Crippen molar-refractivity contribution in [2.45, 2.75) is 0 Å². The van der Waals surface area contributed by atoms with Crippen LogP contribution in [0.3, 0.4) is 0 Å². The van der Waals surface area contributed by atoms with E-state index in [9.17, 15) is 0 Å². The molecule has 9 rings (SSSR count). The number of benzene rings is 4. The number of hydrogen-bond donors (Lipinski definition) is 0. The van der Waals surface area contributed by atoms with Crippen LogP contribution in [0.15, 0.2) is 164 Å². The van der Waals surface area contributed by atoms with Gasteiger partial charge >= 0.3 is 0 Å². The van der Waals surface area contributed by atoms with Crippen molar-refractivity contribution in [2.24, 2.45) is 0 Å². The van der Waals surface area contributed by atoms with E-state index < -0.39 is 0 Å². The lowest BCUT2D eigenvalue weighted by Gasteiger charge is -2.12. The smallest absolute Gasteiger partial charge is 0.0725 e. The van der Waals surface area contributed by atoms with Crippen molar-refractivity contribution in [3.63, 3.8) is 0 Å². The Kier molecular flexibility index (Phi) is 6.39. The molecule has 0 radical (unpaired) electrons. The highest BCUT2D eigenvalue weighted by Gasteiger charge is 2.17. The minimum atomic E-state index is 0.899. The summed E-state index contributed by atoms with van der Waals surface area (Å²) in [5, 5.41) is 4.73. The van der Waals surface area contributed by atoms with Gasteiger partial charge in [-0.25, -0.2) is 9.97 Å². The summed E-state index contributed by atoms with van der Waals surface area (Å²) in [6.45, 7) is 0. The molecule has 4 aromatic carbocycles. The molecule has 0 fully saturated rings. The van der Waals surface area contributed by atoms with Crippen molar-refractivity contribution < 1.29 is 0 Å². The standard InChI is InChI=1S/C42H27N5/c1-2-12-33-28(8-1)9-3-17-40(33)47-41-20-18-29(36-13-4-15-38(45-36)31-10-6-22-43-26-31)24-34(41)35-25-30(19-21-42(35)47)37-14-5-16-39(46-37)32-11-7-23-44-27-32/h1-27H. The van der Waals surface area contributed by atoms with E-state index in [1.165, 1.54) is 10.8 Å². The molecule has 5 heteroatoms. The van der Waals surface area contributed by atoms with E-state index in [4.69, 9.17) is 9.97 Å². The highest BCUT2D eigenvalue weighted by molar-refractivity contribution is 6.12. The molecule has 5 nitrogen and oxygen atoms in total. The number of hydrogen-bond acceptors (Lipinski definition) is 4. The molecule has 47 heavy (non-hydrogen) atoms. The van der Waals surface area contributed by atoms with Gasteiger partial charge in [0.05, 0.1) is 39.5 Å². The summed E-state index contributed by atoms with van der Waals surface area (Å²) in [6.07, 6.45) is 7.27. The van der Waals surface area contributed by atoms with Crippen LogP contribution >= 0.6 is 0 Å². The van der Waals surface area contributed by atoms with Crippen molar-refractivity contribution in [3.05, 3.63) is 164 Å². The molecule has 5 heterocycles. The fourth-order valence-electron chi connectivity index (χ4n) is 6.55. The lowest BCUT2D eigenvalue weighted by Crippen LogP contribution is -1.95. The van der Waals surface area contributed by atoms with Crippen molar-refractivity contribution >= 4 is 32.6 Å². The number of nitrogens with zero attached hydrogens (tertiary/aromatic N) is 5. The third kappa shape index (κ3) is 4.73. The Labute approximate surface area is 271 Å². The van der Waals surface area contributed by atoms with Crippen LogP contribution in [0.5, 0.6) is 0 Å². The van der Waals surface area contributed by atoms with Gasteiger partial charge in [-0.3, -0.25) is 9.97 Å². The molecule has 0 aliphatic heterocycles. The molecule has 9 aromatic rings. The van der Waals surface area contributed by atoms with E-state index in [0.29, 0.717) is 0 Å². The quantitative estimate of drug-likeness (QED) is 0.197. The number of rotatable bonds is 5. The zero-order valence-corrected chi connectivity index (χ0v) is 25.3. The van der Waals surface area contributed by atoms with Gasteiger partial charge in [0.2, 0.25) is 0 Å². The zero-order valence-electron chi connectivity index (χ0n) is 25.3. The fourth-order valence-corrected chi connectivity index (χ4v) is 6.55. The van der Waals surface area contributed by atoms with Crippen molar-refractivity contribution in [1.29, 1.82) is 0 Å². The maximum atomic E-state index is 5.05. The molecule has 0 N–H and O–H groups in total. The van der Waals surface area contributed by atoms with Crippen LogP contribution in [0, 0.1) is 0 Å². The predicted octanol–water partition coefficient (Wildman–Crippen LogP) is 10.2. The zero-order chi connectivity index (χ0) is 31.2. The molecule has 0 aliphatic rings. The molecule has 0 spiro atoms. The van der Waals surface area contributed by atoms with Crippen molar-refractivity contribution in [2.75, 3.05) is 0 Å². The molecule has 0 saturated heterocycles. The highest BCUT2D eigenvalue weighted by atomic mass is 15.0. The molecule has 0 bridgehead atoms. The van der Waals surface area contributed by atoms with Gasteiger partial charge < -0.3 is 4.57 Å². The molecule has 220 valence electrons. The van der Waals surface area contributed by atoms with E-state index >= 15 is 0 Å². The Morgan fingerprint density at radius 2 is 0.894 bits per heavy atom. The van der Waals surface area contributed by atoms with Crippen molar-refractivity contribution in [3.8, 4) is 50.7 Å². The van der Waals surface area contributed by atoms with Crippen LogP contribution in [0.1, 0.15) is 0 Å². The fraction of sp³-hybridized carbons (Fsp3) is 0. The normalized spacial score (nSPS) is 11.4. The van der Waals surface area contributed by atoms with Crippen LogP contribution in [0.25, 0.3) is 83.3 Å². The molecule has 0 atom stereocenters. The minimum Gasteiger partial charge on any atom is -0.309 e.